The van der Waals surface area contributed by atoms with Crippen molar-refractivity contribution in [2.75, 3.05) is 14.2 Å². The Labute approximate surface area is 214 Å². The number of hydrogen-bond donors (Lipinski definition) is 0. The van der Waals surface area contributed by atoms with Crippen LogP contribution in [-0.2, 0) is 29.0 Å². The Balaban J connectivity index is 1.86. The maximum atomic E-state index is 14.9. The van der Waals surface area contributed by atoms with Crippen molar-refractivity contribution in [2.45, 2.75) is 59.5 Å². The average molecular weight is 493 g/mol. The van der Waals surface area contributed by atoms with Crippen molar-refractivity contribution in [2.24, 2.45) is 5.41 Å². The van der Waals surface area contributed by atoms with Crippen LogP contribution in [0.3, 0.4) is 0 Å². The highest BCUT2D eigenvalue weighted by atomic mass is 19.1. The molecule has 0 saturated carbocycles. The van der Waals surface area contributed by atoms with Crippen molar-refractivity contribution < 1.29 is 23.4 Å². The first kappa shape index (κ1) is 27.3. The zero-order chi connectivity index (χ0) is 26.1. The summed E-state index contributed by atoms with van der Waals surface area (Å²) in [5, 5.41) is 0. The molecular formula is C31H37FO4. The van der Waals surface area contributed by atoms with Gasteiger partial charge in [0.25, 0.3) is 0 Å². The second-order valence-electron chi connectivity index (χ2n) is 9.94. The minimum Gasteiger partial charge on any atom is -0.497 e. The lowest BCUT2D eigenvalue weighted by Crippen LogP contribution is -2.15. The molecule has 36 heavy (non-hydrogen) atoms. The van der Waals surface area contributed by atoms with Crippen LogP contribution in [0.4, 0.5) is 4.39 Å². The quantitative estimate of drug-likeness (QED) is 0.245. The smallest absolute Gasteiger partial charge is 0.305 e. The summed E-state index contributed by atoms with van der Waals surface area (Å²) < 4.78 is 31.1. The Hall–Kier alpha value is -3.34. The number of benzene rings is 3. The van der Waals surface area contributed by atoms with Gasteiger partial charge in [0, 0.05) is 12.0 Å². The van der Waals surface area contributed by atoms with Crippen LogP contribution in [-0.4, -0.2) is 20.2 Å². The zero-order valence-corrected chi connectivity index (χ0v) is 22.0. The van der Waals surface area contributed by atoms with Crippen molar-refractivity contribution in [3.8, 4) is 22.6 Å². The molecule has 192 valence electrons. The third kappa shape index (κ3) is 7.58. The van der Waals surface area contributed by atoms with Crippen molar-refractivity contribution in [3.63, 3.8) is 0 Å². The molecule has 3 aromatic carbocycles. The number of methoxy groups -OCH3 is 2. The molecule has 0 bridgehead atoms. The second-order valence-corrected chi connectivity index (χ2v) is 9.94. The van der Waals surface area contributed by atoms with Crippen LogP contribution in [0.5, 0.6) is 11.5 Å². The first-order valence-electron chi connectivity index (χ1n) is 12.5. The fourth-order valence-corrected chi connectivity index (χ4v) is 4.57. The Morgan fingerprint density at radius 3 is 2.44 bits per heavy atom. The summed E-state index contributed by atoms with van der Waals surface area (Å²) in [4.78, 5) is 11.5. The molecule has 5 heteroatoms. The molecule has 0 aliphatic heterocycles. The molecule has 0 radical (unpaired) electrons. The topological polar surface area (TPSA) is 44.8 Å². The Kier molecular flexibility index (Phi) is 9.51. The minimum atomic E-state index is -0.266. The predicted molar refractivity (Wildman–Crippen MR) is 142 cm³/mol. The van der Waals surface area contributed by atoms with Crippen LogP contribution in [0.15, 0.2) is 60.7 Å². The first-order chi connectivity index (χ1) is 17.2. The molecule has 0 atom stereocenters. The fourth-order valence-electron chi connectivity index (χ4n) is 4.57. The summed E-state index contributed by atoms with van der Waals surface area (Å²) in [5.41, 5.74) is 4.62. The van der Waals surface area contributed by atoms with Gasteiger partial charge in [0.1, 0.15) is 23.9 Å². The van der Waals surface area contributed by atoms with E-state index in [1.807, 2.05) is 36.4 Å². The molecule has 4 nitrogen and oxygen atoms in total. The van der Waals surface area contributed by atoms with E-state index >= 15 is 0 Å². The minimum absolute atomic E-state index is 0.0757. The number of halogens is 1. The van der Waals surface area contributed by atoms with E-state index in [1.165, 1.54) is 13.2 Å². The van der Waals surface area contributed by atoms with Gasteiger partial charge in [0.15, 0.2) is 0 Å². The maximum Gasteiger partial charge on any atom is 0.305 e. The Morgan fingerprint density at radius 1 is 0.917 bits per heavy atom. The standard InChI is InChI=1S/C31H37FO4/c1-6-16-31(2,3)20-24-17-23(10-13-27(24)28-19-25(34-4)12-14-29(28)32)21-36-26-9-7-8-22(18-26)11-15-30(33)35-5/h7-10,12-14,17-19H,6,11,15-16,20-21H2,1-5H3. The summed E-state index contributed by atoms with van der Waals surface area (Å²) in [6.45, 7) is 7.09. The van der Waals surface area contributed by atoms with E-state index in [4.69, 9.17) is 14.2 Å². The van der Waals surface area contributed by atoms with E-state index in [1.54, 1.807) is 19.2 Å². The highest BCUT2D eigenvalue weighted by Gasteiger charge is 2.21. The van der Waals surface area contributed by atoms with Crippen LogP contribution in [0, 0.1) is 11.2 Å². The van der Waals surface area contributed by atoms with Gasteiger partial charge in [-0.1, -0.05) is 57.5 Å². The van der Waals surface area contributed by atoms with Crippen LogP contribution in [0.2, 0.25) is 0 Å². The van der Waals surface area contributed by atoms with Crippen LogP contribution < -0.4 is 9.47 Å². The molecular weight excluding hydrogens is 455 g/mol. The van der Waals surface area contributed by atoms with E-state index < -0.39 is 0 Å². The number of carbonyl (C=O) groups excluding carboxylic acids is 1. The molecule has 3 aromatic rings. The summed E-state index contributed by atoms with van der Waals surface area (Å²) in [6, 6.07) is 18.7. The number of ether oxygens (including phenoxy) is 3. The van der Waals surface area contributed by atoms with Gasteiger partial charge in [0.2, 0.25) is 0 Å². The molecule has 3 rings (SSSR count). The summed E-state index contributed by atoms with van der Waals surface area (Å²) in [5.74, 6) is 0.878. The largest absolute Gasteiger partial charge is 0.497 e. The highest BCUT2D eigenvalue weighted by Crippen LogP contribution is 2.36. The maximum absolute atomic E-state index is 14.9. The summed E-state index contributed by atoms with van der Waals surface area (Å²) in [6.07, 6.45) is 3.92. The normalized spacial score (nSPS) is 11.3. The third-order valence-electron chi connectivity index (χ3n) is 6.38. The molecule has 0 saturated heterocycles. The van der Waals surface area contributed by atoms with E-state index in [9.17, 15) is 9.18 Å². The van der Waals surface area contributed by atoms with Crippen molar-refractivity contribution in [1.29, 1.82) is 0 Å². The predicted octanol–water partition coefficient (Wildman–Crippen LogP) is 7.55. The molecule has 0 heterocycles. The number of esters is 1. The van der Waals surface area contributed by atoms with Gasteiger partial charge in [-0.05, 0) is 77.3 Å². The van der Waals surface area contributed by atoms with Crippen LogP contribution in [0.1, 0.15) is 56.7 Å². The highest BCUT2D eigenvalue weighted by molar-refractivity contribution is 5.70. The molecule has 0 spiro atoms. The summed E-state index contributed by atoms with van der Waals surface area (Å²) >= 11 is 0. The van der Waals surface area contributed by atoms with Gasteiger partial charge in [-0.15, -0.1) is 0 Å². The molecule has 0 N–H and O–H groups in total. The number of hydrogen-bond acceptors (Lipinski definition) is 4. The molecule has 0 aromatic heterocycles. The lowest BCUT2D eigenvalue weighted by atomic mass is 9.79. The van der Waals surface area contributed by atoms with Gasteiger partial charge in [0.05, 0.1) is 14.2 Å². The SMILES string of the molecule is CCCC(C)(C)Cc1cc(COc2cccc(CCC(=O)OC)c2)ccc1-c1cc(OC)ccc1F. The van der Waals surface area contributed by atoms with Gasteiger partial charge in [-0.2, -0.15) is 0 Å². The van der Waals surface area contributed by atoms with Gasteiger partial charge >= 0.3 is 5.97 Å². The van der Waals surface area contributed by atoms with Gasteiger partial charge < -0.3 is 14.2 Å². The van der Waals surface area contributed by atoms with Crippen molar-refractivity contribution in [3.05, 3.63) is 83.2 Å². The van der Waals surface area contributed by atoms with Crippen LogP contribution in [0.25, 0.3) is 11.1 Å². The van der Waals surface area contributed by atoms with Crippen molar-refractivity contribution >= 4 is 5.97 Å². The number of aryl methyl sites for hydroxylation is 1. The van der Waals surface area contributed by atoms with E-state index in [-0.39, 0.29) is 17.2 Å². The zero-order valence-electron chi connectivity index (χ0n) is 22.0. The third-order valence-corrected chi connectivity index (χ3v) is 6.38. The van der Waals surface area contributed by atoms with Gasteiger partial charge in [-0.25, -0.2) is 4.39 Å². The van der Waals surface area contributed by atoms with E-state index in [2.05, 4.69) is 26.8 Å². The van der Waals surface area contributed by atoms with E-state index in [0.717, 1.165) is 47.3 Å². The second kappa shape index (κ2) is 12.6. The Morgan fingerprint density at radius 2 is 1.72 bits per heavy atom. The molecule has 0 unspecified atom stereocenters. The average Bonchev–Trinajstić information content (AvgIpc) is 2.86. The summed E-state index contributed by atoms with van der Waals surface area (Å²) in [7, 11) is 2.99. The Bertz CT molecular complexity index is 1170. The van der Waals surface area contributed by atoms with Crippen LogP contribution >= 0.6 is 0 Å². The van der Waals surface area contributed by atoms with Crippen molar-refractivity contribution in [1.82, 2.24) is 0 Å². The fraction of sp³-hybridized carbons (Fsp3) is 0.387. The lowest BCUT2D eigenvalue weighted by Gasteiger charge is -2.26. The first-order valence-corrected chi connectivity index (χ1v) is 12.5. The van der Waals surface area contributed by atoms with E-state index in [0.29, 0.717) is 30.8 Å². The number of rotatable bonds is 12. The van der Waals surface area contributed by atoms with Gasteiger partial charge in [-0.3, -0.25) is 4.79 Å². The number of carbonyl (C=O) groups is 1. The lowest BCUT2D eigenvalue weighted by molar-refractivity contribution is -0.140. The molecule has 0 amide bonds. The molecule has 0 aliphatic carbocycles. The molecule has 0 aliphatic rings. The monoisotopic (exact) mass is 492 g/mol. The molecule has 0 fully saturated rings.